The van der Waals surface area contributed by atoms with Crippen molar-refractivity contribution in [1.82, 2.24) is 19.1 Å². The van der Waals surface area contributed by atoms with E-state index in [1.165, 1.54) is 0 Å². The van der Waals surface area contributed by atoms with Gasteiger partial charge in [0.05, 0.1) is 16.4 Å². The smallest absolute Gasteiger partial charge is 0.127 e. The van der Waals surface area contributed by atoms with Crippen LogP contribution in [0.4, 0.5) is 0 Å². The molecule has 4 nitrogen and oxygen atoms in total. The van der Waals surface area contributed by atoms with E-state index in [-0.39, 0.29) is 5.38 Å². The fraction of sp³-hybridized carbons (Fsp3) is 0.333. The zero-order chi connectivity index (χ0) is 15.0. The van der Waals surface area contributed by atoms with Gasteiger partial charge in [0, 0.05) is 37.4 Å². The molecule has 21 heavy (non-hydrogen) atoms. The van der Waals surface area contributed by atoms with Crippen molar-refractivity contribution in [3.05, 3.63) is 47.3 Å². The molecule has 0 saturated heterocycles. The summed E-state index contributed by atoms with van der Waals surface area (Å²) in [5.74, 6) is 1.90. The third-order valence-electron chi connectivity index (χ3n) is 3.58. The number of fused-ring (bicyclic) bond motifs is 1. The minimum Gasteiger partial charge on any atom is -0.338 e. The van der Waals surface area contributed by atoms with Crippen LogP contribution in [0.1, 0.15) is 23.9 Å². The van der Waals surface area contributed by atoms with Crippen molar-refractivity contribution in [2.45, 2.75) is 25.3 Å². The number of aryl methyl sites for hydroxylation is 3. The topological polar surface area (TPSA) is 35.6 Å². The maximum absolute atomic E-state index is 6.27. The Hall–Kier alpha value is -1.52. The van der Waals surface area contributed by atoms with Crippen LogP contribution < -0.4 is 0 Å². The highest BCUT2D eigenvalue weighted by atomic mass is 35.5. The van der Waals surface area contributed by atoms with Crippen LogP contribution in [0, 0.1) is 0 Å². The SMILES string of the molecule is CC(Cl)c1nc2ccc(Cl)cc2n1CCc1nccn1C. The largest absolute Gasteiger partial charge is 0.338 e. The lowest BCUT2D eigenvalue weighted by Crippen LogP contribution is -2.09. The molecule has 0 aliphatic heterocycles. The predicted molar refractivity (Wildman–Crippen MR) is 85.9 cm³/mol. The monoisotopic (exact) mass is 322 g/mol. The molecule has 0 spiro atoms. The number of halogens is 2. The van der Waals surface area contributed by atoms with Crippen molar-refractivity contribution in [3.63, 3.8) is 0 Å². The summed E-state index contributed by atoms with van der Waals surface area (Å²) in [4.78, 5) is 8.98. The van der Waals surface area contributed by atoms with Gasteiger partial charge in [-0.25, -0.2) is 9.97 Å². The summed E-state index contributed by atoms with van der Waals surface area (Å²) < 4.78 is 4.16. The number of imidazole rings is 2. The Kier molecular flexibility index (Phi) is 3.91. The second kappa shape index (κ2) is 5.70. The number of hydrogen-bond acceptors (Lipinski definition) is 2. The van der Waals surface area contributed by atoms with E-state index in [0.717, 1.165) is 35.6 Å². The summed E-state index contributed by atoms with van der Waals surface area (Å²) in [6, 6.07) is 5.71. The first kappa shape index (κ1) is 14.4. The normalized spacial score (nSPS) is 13.0. The summed E-state index contributed by atoms with van der Waals surface area (Å²) in [5, 5.41) is 0.548. The van der Waals surface area contributed by atoms with Gasteiger partial charge in [-0.05, 0) is 25.1 Å². The number of nitrogens with zero attached hydrogens (tertiary/aromatic N) is 4. The highest BCUT2D eigenvalue weighted by Gasteiger charge is 2.15. The maximum Gasteiger partial charge on any atom is 0.127 e. The van der Waals surface area contributed by atoms with E-state index in [9.17, 15) is 0 Å². The van der Waals surface area contributed by atoms with Crippen molar-refractivity contribution in [2.24, 2.45) is 7.05 Å². The minimum atomic E-state index is -0.155. The second-order valence-electron chi connectivity index (χ2n) is 5.08. The van der Waals surface area contributed by atoms with Crippen LogP contribution in [0.2, 0.25) is 5.02 Å². The molecule has 3 rings (SSSR count). The lowest BCUT2D eigenvalue weighted by Gasteiger charge is -2.10. The number of hydrogen-bond donors (Lipinski definition) is 0. The lowest BCUT2D eigenvalue weighted by molar-refractivity contribution is 0.634. The summed E-state index contributed by atoms with van der Waals surface area (Å²) >= 11 is 12.4. The summed E-state index contributed by atoms with van der Waals surface area (Å²) in [6.45, 7) is 2.70. The molecule has 2 heterocycles. The molecule has 0 fully saturated rings. The van der Waals surface area contributed by atoms with Gasteiger partial charge < -0.3 is 9.13 Å². The van der Waals surface area contributed by atoms with Gasteiger partial charge in [0.15, 0.2) is 0 Å². The number of benzene rings is 1. The molecule has 3 aromatic rings. The molecule has 0 saturated carbocycles. The molecule has 0 aliphatic rings. The van der Waals surface area contributed by atoms with E-state index in [1.54, 1.807) is 0 Å². The fourth-order valence-electron chi connectivity index (χ4n) is 2.50. The summed E-state index contributed by atoms with van der Waals surface area (Å²) in [6.07, 6.45) is 4.57. The van der Waals surface area contributed by atoms with Gasteiger partial charge in [0.25, 0.3) is 0 Å². The fourth-order valence-corrected chi connectivity index (χ4v) is 2.84. The van der Waals surface area contributed by atoms with Crippen molar-refractivity contribution in [1.29, 1.82) is 0 Å². The Morgan fingerprint density at radius 2 is 2.14 bits per heavy atom. The van der Waals surface area contributed by atoms with Crippen LogP contribution in [-0.4, -0.2) is 19.1 Å². The molecular formula is C15H16Cl2N4. The van der Waals surface area contributed by atoms with E-state index < -0.39 is 0 Å². The highest BCUT2D eigenvalue weighted by molar-refractivity contribution is 6.31. The molecule has 1 aromatic carbocycles. The summed E-state index contributed by atoms with van der Waals surface area (Å²) in [5.41, 5.74) is 1.93. The predicted octanol–water partition coefficient (Wildman–Crippen LogP) is 3.97. The van der Waals surface area contributed by atoms with E-state index in [0.29, 0.717) is 5.02 Å². The van der Waals surface area contributed by atoms with Gasteiger partial charge >= 0.3 is 0 Å². The van der Waals surface area contributed by atoms with Gasteiger partial charge in [-0.1, -0.05) is 11.6 Å². The van der Waals surface area contributed by atoms with Crippen molar-refractivity contribution < 1.29 is 0 Å². The Balaban J connectivity index is 2.00. The van der Waals surface area contributed by atoms with E-state index in [2.05, 4.69) is 14.5 Å². The van der Waals surface area contributed by atoms with E-state index in [4.69, 9.17) is 23.2 Å². The third kappa shape index (κ3) is 2.78. The van der Waals surface area contributed by atoms with E-state index in [1.807, 2.05) is 49.1 Å². The van der Waals surface area contributed by atoms with Crippen molar-refractivity contribution in [3.8, 4) is 0 Å². The Morgan fingerprint density at radius 1 is 1.33 bits per heavy atom. The number of aromatic nitrogens is 4. The molecule has 0 radical (unpaired) electrons. The minimum absolute atomic E-state index is 0.155. The van der Waals surface area contributed by atoms with Gasteiger partial charge in [-0.2, -0.15) is 0 Å². The number of rotatable bonds is 4. The Morgan fingerprint density at radius 3 is 2.81 bits per heavy atom. The molecule has 0 amide bonds. The van der Waals surface area contributed by atoms with Gasteiger partial charge in [0.2, 0.25) is 0 Å². The Bertz CT molecular complexity index is 773. The average Bonchev–Trinajstić information content (AvgIpc) is 3.00. The molecule has 0 bridgehead atoms. The zero-order valence-corrected chi connectivity index (χ0v) is 13.4. The van der Waals surface area contributed by atoms with Crippen molar-refractivity contribution in [2.75, 3.05) is 0 Å². The van der Waals surface area contributed by atoms with Crippen LogP contribution in [0.15, 0.2) is 30.6 Å². The third-order valence-corrected chi connectivity index (χ3v) is 4.01. The molecule has 0 N–H and O–H groups in total. The zero-order valence-electron chi connectivity index (χ0n) is 11.9. The summed E-state index contributed by atoms with van der Waals surface area (Å²) in [7, 11) is 2.00. The van der Waals surface area contributed by atoms with Gasteiger partial charge in [0.1, 0.15) is 11.6 Å². The molecule has 1 atom stereocenters. The average molecular weight is 323 g/mol. The molecule has 110 valence electrons. The number of alkyl halides is 1. The van der Waals surface area contributed by atoms with Gasteiger partial charge in [-0.15, -0.1) is 11.6 Å². The van der Waals surface area contributed by atoms with Gasteiger partial charge in [-0.3, -0.25) is 0 Å². The van der Waals surface area contributed by atoms with Crippen LogP contribution in [-0.2, 0) is 20.0 Å². The highest BCUT2D eigenvalue weighted by Crippen LogP contribution is 2.26. The van der Waals surface area contributed by atoms with Crippen LogP contribution in [0.5, 0.6) is 0 Å². The molecule has 1 unspecified atom stereocenters. The first-order valence-corrected chi connectivity index (χ1v) is 7.63. The van der Waals surface area contributed by atoms with Crippen molar-refractivity contribution >= 4 is 34.2 Å². The first-order chi connectivity index (χ1) is 10.1. The molecular weight excluding hydrogens is 307 g/mol. The molecule has 2 aromatic heterocycles. The van der Waals surface area contributed by atoms with E-state index >= 15 is 0 Å². The van der Waals surface area contributed by atoms with Crippen LogP contribution >= 0.6 is 23.2 Å². The van der Waals surface area contributed by atoms with Crippen LogP contribution in [0.25, 0.3) is 11.0 Å². The second-order valence-corrected chi connectivity index (χ2v) is 6.17. The maximum atomic E-state index is 6.27. The lowest BCUT2D eigenvalue weighted by atomic mass is 10.3. The first-order valence-electron chi connectivity index (χ1n) is 6.82. The standard InChI is InChI=1S/C15H16Cl2N4/c1-10(16)15-19-12-4-3-11(17)9-13(12)21(15)7-5-14-18-6-8-20(14)2/h3-4,6,8-10H,5,7H2,1-2H3. The van der Waals surface area contributed by atoms with Crippen LogP contribution in [0.3, 0.4) is 0 Å². The molecule has 0 aliphatic carbocycles. The quantitative estimate of drug-likeness (QED) is 0.681. The molecule has 6 heteroatoms. The Labute approximate surface area is 133 Å².